The number of nitrogens with zero attached hydrogens (tertiary/aromatic N) is 6. The first-order valence-electron chi connectivity index (χ1n) is 12.6. The van der Waals surface area contributed by atoms with Crippen LogP contribution in [-0.4, -0.2) is 90.7 Å². The van der Waals surface area contributed by atoms with E-state index in [4.69, 9.17) is 37.4 Å². The number of carbonyl (C=O) groups excluding carboxylic acids is 1. The van der Waals surface area contributed by atoms with Crippen LogP contribution in [-0.2, 0) is 21.0 Å². The average Bonchev–Trinajstić information content (AvgIpc) is 2.88. The average molecular weight is 588 g/mol. The number of ether oxygens (including phenoxy) is 3. The van der Waals surface area contributed by atoms with E-state index in [1.165, 1.54) is 10.9 Å². The van der Waals surface area contributed by atoms with Crippen LogP contribution < -0.4 is 15.2 Å². The quantitative estimate of drug-likeness (QED) is 0.258. The molecule has 38 heavy (non-hydrogen) atoms. The molecule has 14 heteroatoms. The number of piperazine rings is 1. The van der Waals surface area contributed by atoms with E-state index in [1.807, 2.05) is 16.7 Å². The third-order valence-electron chi connectivity index (χ3n) is 5.88. The SMILES string of the molecule is C[C@@H](COc1cnn(COCC[Si](C)(C)C)c(=O)c1Cl)OCCC(=O)N1CCN(c2ncc(Cl)cn2)CC1. The van der Waals surface area contributed by atoms with Gasteiger partial charge in [-0.15, -0.1) is 0 Å². The maximum atomic E-state index is 12.6. The van der Waals surface area contributed by atoms with Crippen LogP contribution in [0.5, 0.6) is 5.75 Å². The maximum absolute atomic E-state index is 12.6. The van der Waals surface area contributed by atoms with Crippen LogP contribution in [0.1, 0.15) is 13.3 Å². The molecule has 1 saturated heterocycles. The van der Waals surface area contributed by atoms with E-state index in [-0.39, 0.29) is 49.1 Å². The van der Waals surface area contributed by atoms with Gasteiger partial charge in [0.25, 0.3) is 5.56 Å². The van der Waals surface area contributed by atoms with Gasteiger partial charge < -0.3 is 24.0 Å². The third-order valence-corrected chi connectivity index (χ3v) is 8.12. The molecule has 0 aliphatic carbocycles. The van der Waals surface area contributed by atoms with Crippen LogP contribution in [0.25, 0.3) is 0 Å². The number of rotatable bonds is 13. The Kier molecular flexibility index (Phi) is 11.3. The summed E-state index contributed by atoms with van der Waals surface area (Å²) in [5.41, 5.74) is -0.473. The van der Waals surface area contributed by atoms with Gasteiger partial charge in [-0.1, -0.05) is 42.8 Å². The van der Waals surface area contributed by atoms with Gasteiger partial charge in [-0.2, -0.15) is 5.10 Å². The molecule has 11 nitrogen and oxygen atoms in total. The van der Waals surface area contributed by atoms with Crippen LogP contribution in [0.2, 0.25) is 35.7 Å². The number of hydrogen-bond acceptors (Lipinski definition) is 9. The molecule has 0 bridgehead atoms. The van der Waals surface area contributed by atoms with Gasteiger partial charge in [0, 0.05) is 40.9 Å². The number of anilines is 1. The topological polar surface area (TPSA) is 112 Å². The second-order valence-electron chi connectivity index (χ2n) is 10.3. The number of hydrogen-bond donors (Lipinski definition) is 0. The summed E-state index contributed by atoms with van der Waals surface area (Å²) < 4.78 is 18.1. The van der Waals surface area contributed by atoms with E-state index < -0.39 is 13.6 Å². The zero-order chi connectivity index (χ0) is 27.7. The minimum atomic E-state index is -1.21. The van der Waals surface area contributed by atoms with E-state index >= 15 is 0 Å². The number of aromatic nitrogens is 4. The van der Waals surface area contributed by atoms with Crippen molar-refractivity contribution in [3.63, 3.8) is 0 Å². The van der Waals surface area contributed by atoms with Crippen molar-refractivity contribution in [1.29, 1.82) is 0 Å². The fourth-order valence-electron chi connectivity index (χ4n) is 3.56. The van der Waals surface area contributed by atoms with Gasteiger partial charge in [-0.05, 0) is 13.0 Å². The summed E-state index contributed by atoms with van der Waals surface area (Å²) in [7, 11) is -1.21. The summed E-state index contributed by atoms with van der Waals surface area (Å²) in [5, 5.41) is 4.52. The second-order valence-corrected chi connectivity index (χ2v) is 16.7. The van der Waals surface area contributed by atoms with Crippen molar-refractivity contribution < 1.29 is 19.0 Å². The predicted octanol–water partition coefficient (Wildman–Crippen LogP) is 3.18. The first-order chi connectivity index (χ1) is 18.0. The Morgan fingerprint density at radius 1 is 1.08 bits per heavy atom. The zero-order valence-corrected chi connectivity index (χ0v) is 24.9. The molecular weight excluding hydrogens is 551 g/mol. The van der Waals surface area contributed by atoms with Crippen molar-refractivity contribution in [3.05, 3.63) is 39.0 Å². The molecule has 0 spiro atoms. The number of amides is 1. The summed E-state index contributed by atoms with van der Waals surface area (Å²) in [6.07, 6.45) is 4.47. The van der Waals surface area contributed by atoms with Crippen LogP contribution >= 0.6 is 23.2 Å². The van der Waals surface area contributed by atoms with Gasteiger partial charge in [-0.25, -0.2) is 14.6 Å². The normalized spacial score (nSPS) is 15.0. The molecule has 0 radical (unpaired) electrons. The molecule has 2 aromatic heterocycles. The smallest absolute Gasteiger partial charge is 0.291 e. The highest BCUT2D eigenvalue weighted by Crippen LogP contribution is 2.19. The van der Waals surface area contributed by atoms with Gasteiger partial charge in [0.1, 0.15) is 13.3 Å². The number of halogens is 2. The molecule has 1 atom stereocenters. The van der Waals surface area contributed by atoms with E-state index in [1.54, 1.807) is 12.4 Å². The van der Waals surface area contributed by atoms with Crippen molar-refractivity contribution >= 4 is 43.1 Å². The van der Waals surface area contributed by atoms with Crippen molar-refractivity contribution in [2.24, 2.45) is 0 Å². The standard InChI is InChI=1S/C24H36Cl2N6O5Si/c1-18(16-37-20-15-29-32(23(34)22(20)26)17-35-11-12-38(2,3)4)36-10-5-21(33)30-6-8-31(9-7-30)24-27-13-19(25)14-28-24/h13-15,18H,5-12,16-17H2,1-4H3/t18-/m0/s1. The lowest BCUT2D eigenvalue weighted by molar-refractivity contribution is -0.133. The number of carbonyl (C=O) groups is 1. The third kappa shape index (κ3) is 9.49. The highest BCUT2D eigenvalue weighted by atomic mass is 35.5. The molecule has 1 amide bonds. The highest BCUT2D eigenvalue weighted by molar-refractivity contribution is 6.76. The van der Waals surface area contributed by atoms with Gasteiger partial charge >= 0.3 is 0 Å². The molecule has 1 fully saturated rings. The Bertz CT molecular complexity index is 1110. The molecule has 1 aliphatic rings. The molecule has 2 aromatic rings. The first kappa shape index (κ1) is 30.3. The molecule has 0 unspecified atom stereocenters. The lowest BCUT2D eigenvalue weighted by Gasteiger charge is -2.34. The minimum Gasteiger partial charge on any atom is -0.487 e. The lowest BCUT2D eigenvalue weighted by atomic mass is 10.3. The van der Waals surface area contributed by atoms with E-state index in [0.29, 0.717) is 43.8 Å². The Morgan fingerprint density at radius 2 is 1.76 bits per heavy atom. The van der Waals surface area contributed by atoms with Crippen molar-refractivity contribution in [3.8, 4) is 5.75 Å². The summed E-state index contributed by atoms with van der Waals surface area (Å²) in [4.78, 5) is 37.3. The Labute approximate surface area is 234 Å². The molecule has 1 aliphatic heterocycles. The Morgan fingerprint density at radius 3 is 2.42 bits per heavy atom. The Hall–Kier alpha value is -2.25. The van der Waals surface area contributed by atoms with Crippen molar-refractivity contribution in [2.45, 2.75) is 51.9 Å². The second kappa shape index (κ2) is 14.2. The molecule has 3 heterocycles. The molecule has 210 valence electrons. The highest BCUT2D eigenvalue weighted by Gasteiger charge is 2.22. The van der Waals surface area contributed by atoms with Crippen LogP contribution in [0.4, 0.5) is 5.95 Å². The maximum Gasteiger partial charge on any atom is 0.291 e. The van der Waals surface area contributed by atoms with E-state index in [2.05, 4.69) is 34.7 Å². The molecule has 0 N–H and O–H groups in total. The largest absolute Gasteiger partial charge is 0.487 e. The van der Waals surface area contributed by atoms with Gasteiger partial charge in [0.2, 0.25) is 11.9 Å². The monoisotopic (exact) mass is 586 g/mol. The molecule has 0 saturated carbocycles. The van der Waals surface area contributed by atoms with Crippen LogP contribution in [0.3, 0.4) is 0 Å². The van der Waals surface area contributed by atoms with E-state index in [9.17, 15) is 9.59 Å². The first-order valence-corrected chi connectivity index (χ1v) is 17.1. The summed E-state index contributed by atoms with van der Waals surface area (Å²) in [6.45, 7) is 12.1. The minimum absolute atomic E-state index is 0.0257. The molecule has 3 rings (SSSR count). The van der Waals surface area contributed by atoms with Gasteiger partial charge in [0.15, 0.2) is 10.8 Å². The summed E-state index contributed by atoms with van der Waals surface area (Å²) in [5.74, 6) is 0.818. The fraction of sp³-hybridized carbons (Fsp3) is 0.625. The van der Waals surface area contributed by atoms with Gasteiger partial charge in [-0.3, -0.25) is 9.59 Å². The summed E-state index contributed by atoms with van der Waals surface area (Å²) >= 11 is 12.0. The summed E-state index contributed by atoms with van der Waals surface area (Å²) in [6, 6.07) is 0.997. The fourth-order valence-corrected chi connectivity index (χ4v) is 4.61. The lowest BCUT2D eigenvalue weighted by Crippen LogP contribution is -2.49. The van der Waals surface area contributed by atoms with Crippen molar-refractivity contribution in [2.75, 3.05) is 50.9 Å². The molecular formula is C24H36Cl2N6O5Si. The predicted molar refractivity (Wildman–Crippen MR) is 149 cm³/mol. The van der Waals surface area contributed by atoms with Gasteiger partial charge in [0.05, 0.1) is 42.7 Å². The Balaban J connectivity index is 1.35. The molecule has 0 aromatic carbocycles. The van der Waals surface area contributed by atoms with E-state index in [0.717, 1.165) is 6.04 Å². The zero-order valence-electron chi connectivity index (χ0n) is 22.4. The van der Waals surface area contributed by atoms with Crippen molar-refractivity contribution in [1.82, 2.24) is 24.6 Å². The van der Waals surface area contributed by atoms with Crippen LogP contribution in [0.15, 0.2) is 23.4 Å². The van der Waals surface area contributed by atoms with Crippen LogP contribution in [0, 0.1) is 0 Å².